The van der Waals surface area contributed by atoms with Crippen molar-refractivity contribution in [1.29, 1.82) is 0 Å². The Kier molecular flexibility index (Phi) is 3.40. The SMILES string of the molecule is O=S1(=O)CCC(O)(Cc2nc(-c3ccccc3)cs2)C1. The molecule has 106 valence electrons. The summed E-state index contributed by atoms with van der Waals surface area (Å²) in [5, 5.41) is 13.1. The van der Waals surface area contributed by atoms with Crippen LogP contribution in [0.25, 0.3) is 11.3 Å². The molecule has 0 amide bonds. The first-order valence-corrected chi connectivity index (χ1v) is 9.09. The van der Waals surface area contributed by atoms with E-state index in [0.29, 0.717) is 12.8 Å². The quantitative estimate of drug-likeness (QED) is 0.940. The second-order valence-corrected chi connectivity index (χ2v) is 8.36. The van der Waals surface area contributed by atoms with Gasteiger partial charge in [0, 0.05) is 17.4 Å². The minimum Gasteiger partial charge on any atom is -0.388 e. The lowest BCUT2D eigenvalue weighted by atomic mass is 10.00. The number of thiazole rings is 1. The molecule has 2 aromatic rings. The summed E-state index contributed by atoms with van der Waals surface area (Å²) in [6.07, 6.45) is 0.610. The van der Waals surface area contributed by atoms with Crippen molar-refractivity contribution in [2.75, 3.05) is 11.5 Å². The molecule has 0 radical (unpaired) electrons. The third-order valence-electron chi connectivity index (χ3n) is 3.47. The lowest BCUT2D eigenvalue weighted by Crippen LogP contribution is -2.32. The van der Waals surface area contributed by atoms with Crippen LogP contribution in [0.2, 0.25) is 0 Å². The molecule has 1 atom stereocenters. The molecule has 0 saturated carbocycles. The van der Waals surface area contributed by atoms with E-state index in [1.54, 1.807) is 0 Å². The average molecular weight is 309 g/mol. The molecule has 1 aliphatic rings. The number of nitrogens with zero attached hydrogens (tertiary/aromatic N) is 1. The van der Waals surface area contributed by atoms with Crippen molar-refractivity contribution in [3.05, 3.63) is 40.7 Å². The Morgan fingerprint density at radius 2 is 2.05 bits per heavy atom. The lowest BCUT2D eigenvalue weighted by molar-refractivity contribution is 0.0681. The molecule has 1 N–H and O–H groups in total. The topological polar surface area (TPSA) is 67.3 Å². The van der Waals surface area contributed by atoms with Gasteiger partial charge in [-0.3, -0.25) is 0 Å². The van der Waals surface area contributed by atoms with Crippen LogP contribution < -0.4 is 0 Å². The first-order chi connectivity index (χ1) is 9.46. The first kappa shape index (κ1) is 13.7. The van der Waals surface area contributed by atoms with Gasteiger partial charge in [-0.05, 0) is 6.42 Å². The third kappa shape index (κ3) is 2.92. The lowest BCUT2D eigenvalue weighted by Gasteiger charge is -2.18. The summed E-state index contributed by atoms with van der Waals surface area (Å²) < 4.78 is 23.0. The predicted octanol–water partition coefficient (Wildman–Crippen LogP) is 1.90. The van der Waals surface area contributed by atoms with Crippen molar-refractivity contribution in [3.63, 3.8) is 0 Å². The molecule has 1 fully saturated rings. The Hall–Kier alpha value is -1.24. The van der Waals surface area contributed by atoms with Crippen molar-refractivity contribution in [1.82, 2.24) is 4.98 Å². The molecule has 1 aliphatic heterocycles. The van der Waals surface area contributed by atoms with Gasteiger partial charge in [-0.15, -0.1) is 11.3 Å². The van der Waals surface area contributed by atoms with E-state index in [1.807, 2.05) is 35.7 Å². The Morgan fingerprint density at radius 3 is 2.70 bits per heavy atom. The summed E-state index contributed by atoms with van der Waals surface area (Å²) in [6, 6.07) is 9.81. The standard InChI is InChI=1S/C14H15NO3S2/c16-14(6-7-20(17,18)10-14)8-13-15-12(9-19-13)11-4-2-1-3-5-11/h1-5,9,16H,6-8,10H2. The highest BCUT2D eigenvalue weighted by Gasteiger charge is 2.41. The van der Waals surface area contributed by atoms with Crippen LogP contribution in [0.3, 0.4) is 0 Å². The summed E-state index contributed by atoms with van der Waals surface area (Å²) in [7, 11) is -3.09. The fourth-order valence-electron chi connectivity index (χ4n) is 2.45. The largest absolute Gasteiger partial charge is 0.388 e. The summed E-state index contributed by atoms with van der Waals surface area (Å²) in [5.74, 6) is -0.0827. The van der Waals surface area contributed by atoms with Gasteiger partial charge in [0.15, 0.2) is 9.84 Å². The fourth-order valence-corrected chi connectivity index (χ4v) is 5.29. The van der Waals surface area contributed by atoms with E-state index in [9.17, 15) is 13.5 Å². The van der Waals surface area contributed by atoms with Gasteiger partial charge in [-0.25, -0.2) is 13.4 Å². The number of rotatable bonds is 3. The molecule has 20 heavy (non-hydrogen) atoms. The fraction of sp³-hybridized carbons (Fsp3) is 0.357. The molecule has 6 heteroatoms. The highest BCUT2D eigenvalue weighted by molar-refractivity contribution is 7.91. The number of hydrogen-bond donors (Lipinski definition) is 1. The predicted molar refractivity (Wildman–Crippen MR) is 79.5 cm³/mol. The normalized spacial score (nSPS) is 24.9. The van der Waals surface area contributed by atoms with E-state index in [4.69, 9.17) is 0 Å². The average Bonchev–Trinajstić information content (AvgIpc) is 2.95. The Morgan fingerprint density at radius 1 is 1.30 bits per heavy atom. The first-order valence-electron chi connectivity index (χ1n) is 6.38. The van der Waals surface area contributed by atoms with Gasteiger partial charge in [-0.1, -0.05) is 30.3 Å². The molecule has 4 nitrogen and oxygen atoms in total. The van der Waals surface area contributed by atoms with Crippen LogP contribution in [-0.4, -0.2) is 35.6 Å². The second kappa shape index (κ2) is 4.95. The number of aromatic nitrogens is 1. The smallest absolute Gasteiger partial charge is 0.153 e. The monoisotopic (exact) mass is 309 g/mol. The number of sulfone groups is 1. The van der Waals surface area contributed by atoms with E-state index in [-0.39, 0.29) is 11.5 Å². The van der Waals surface area contributed by atoms with Crippen LogP contribution in [0.1, 0.15) is 11.4 Å². The van der Waals surface area contributed by atoms with Gasteiger partial charge >= 0.3 is 0 Å². The number of hydrogen-bond acceptors (Lipinski definition) is 5. The molecule has 0 aliphatic carbocycles. The van der Waals surface area contributed by atoms with E-state index in [2.05, 4.69) is 4.98 Å². The van der Waals surface area contributed by atoms with Gasteiger partial charge < -0.3 is 5.11 Å². The highest BCUT2D eigenvalue weighted by atomic mass is 32.2. The summed E-state index contributed by atoms with van der Waals surface area (Å²) in [6.45, 7) is 0. The van der Waals surface area contributed by atoms with Crippen molar-refractivity contribution >= 4 is 21.2 Å². The van der Waals surface area contributed by atoms with Gasteiger partial charge in [0.25, 0.3) is 0 Å². The Balaban J connectivity index is 1.79. The van der Waals surface area contributed by atoms with Crippen LogP contribution in [0.4, 0.5) is 0 Å². The van der Waals surface area contributed by atoms with E-state index in [1.165, 1.54) is 11.3 Å². The molecule has 1 aromatic heterocycles. The molecule has 0 bridgehead atoms. The maximum absolute atomic E-state index is 11.5. The third-order valence-corrected chi connectivity index (χ3v) is 6.12. The zero-order valence-corrected chi connectivity index (χ0v) is 12.5. The van der Waals surface area contributed by atoms with Crippen molar-refractivity contribution in [2.24, 2.45) is 0 Å². The summed E-state index contributed by atoms with van der Waals surface area (Å²) >= 11 is 1.46. The van der Waals surface area contributed by atoms with Gasteiger partial charge in [0.1, 0.15) is 0 Å². The van der Waals surface area contributed by atoms with Crippen LogP contribution >= 0.6 is 11.3 Å². The number of aliphatic hydroxyl groups is 1. The highest BCUT2D eigenvalue weighted by Crippen LogP contribution is 2.30. The molecule has 2 heterocycles. The van der Waals surface area contributed by atoms with Gasteiger partial charge in [0.05, 0.1) is 27.8 Å². The Labute approximate surface area is 122 Å². The van der Waals surface area contributed by atoms with Crippen LogP contribution in [0.5, 0.6) is 0 Å². The minimum absolute atomic E-state index is 0.0699. The zero-order chi connectivity index (χ0) is 14.2. The summed E-state index contributed by atoms with van der Waals surface area (Å²) in [5.41, 5.74) is 0.751. The molecule has 3 rings (SSSR count). The van der Waals surface area contributed by atoms with Crippen LogP contribution in [-0.2, 0) is 16.3 Å². The Bertz CT molecular complexity index is 709. The van der Waals surface area contributed by atoms with Gasteiger partial charge in [-0.2, -0.15) is 0 Å². The van der Waals surface area contributed by atoms with Crippen LogP contribution in [0.15, 0.2) is 35.7 Å². The zero-order valence-electron chi connectivity index (χ0n) is 10.8. The molecular formula is C14H15NO3S2. The molecular weight excluding hydrogens is 294 g/mol. The van der Waals surface area contributed by atoms with E-state index >= 15 is 0 Å². The second-order valence-electron chi connectivity index (χ2n) is 5.24. The van der Waals surface area contributed by atoms with Crippen molar-refractivity contribution in [3.8, 4) is 11.3 Å². The van der Waals surface area contributed by atoms with Crippen molar-refractivity contribution in [2.45, 2.75) is 18.4 Å². The molecule has 1 unspecified atom stereocenters. The number of benzene rings is 1. The van der Waals surface area contributed by atoms with E-state index < -0.39 is 15.4 Å². The molecule has 1 saturated heterocycles. The van der Waals surface area contributed by atoms with Gasteiger partial charge in [0.2, 0.25) is 0 Å². The minimum atomic E-state index is -3.09. The molecule has 1 aromatic carbocycles. The maximum Gasteiger partial charge on any atom is 0.153 e. The van der Waals surface area contributed by atoms with Crippen molar-refractivity contribution < 1.29 is 13.5 Å². The van der Waals surface area contributed by atoms with E-state index in [0.717, 1.165) is 16.3 Å². The molecule has 0 spiro atoms. The maximum atomic E-state index is 11.5. The summed E-state index contributed by atoms with van der Waals surface area (Å²) in [4.78, 5) is 4.50. The van der Waals surface area contributed by atoms with Crippen LogP contribution in [0, 0.1) is 0 Å².